The van der Waals surface area contributed by atoms with Crippen molar-refractivity contribution in [1.29, 1.82) is 5.26 Å². The first-order chi connectivity index (χ1) is 11.2. The summed E-state index contributed by atoms with van der Waals surface area (Å²) in [6.07, 6.45) is 0. The van der Waals surface area contributed by atoms with Gasteiger partial charge in [0.1, 0.15) is 11.5 Å². The lowest BCUT2D eigenvalue weighted by Crippen LogP contribution is -1.90. The molecule has 0 aliphatic carbocycles. The smallest absolute Gasteiger partial charge is 0.167 e. The van der Waals surface area contributed by atoms with E-state index in [1.165, 1.54) is 12.1 Å². The summed E-state index contributed by atoms with van der Waals surface area (Å²) >= 11 is 0. The zero-order valence-corrected chi connectivity index (χ0v) is 12.9. The van der Waals surface area contributed by atoms with Gasteiger partial charge in [0.2, 0.25) is 0 Å². The van der Waals surface area contributed by atoms with E-state index in [0.717, 1.165) is 6.07 Å². The molecule has 1 N–H and O–H groups in total. The summed E-state index contributed by atoms with van der Waals surface area (Å²) in [4.78, 5) is 0. The molecule has 23 heavy (non-hydrogen) atoms. The van der Waals surface area contributed by atoms with Crippen LogP contribution in [0.3, 0.4) is 0 Å². The van der Waals surface area contributed by atoms with Crippen LogP contribution in [0.2, 0.25) is 0 Å². The summed E-state index contributed by atoms with van der Waals surface area (Å²) in [5, 5.41) is 19.9. The molecule has 0 saturated heterocycles. The van der Waals surface area contributed by atoms with E-state index >= 15 is 0 Å². The predicted octanol–water partition coefficient (Wildman–Crippen LogP) is 5.37. The number of hydrogen-bond acceptors (Lipinski definition) is 3. The Morgan fingerprint density at radius 3 is 2.35 bits per heavy atom. The van der Waals surface area contributed by atoms with Gasteiger partial charge in [-0.15, -0.1) is 0 Å². The van der Waals surface area contributed by atoms with Crippen LogP contribution in [0.4, 0.5) is 4.39 Å². The molecule has 3 nitrogen and oxygen atoms in total. The molecule has 116 valence electrons. The molecule has 0 unspecified atom stereocenters. The lowest BCUT2D eigenvalue weighted by molar-refractivity contribution is 0.446. The number of halogens is 1. The topological polar surface area (TPSA) is 53.2 Å². The summed E-state index contributed by atoms with van der Waals surface area (Å²) in [5.74, 6) is 0.00121. The summed E-state index contributed by atoms with van der Waals surface area (Å²) in [5.41, 5.74) is 0.232. The van der Waals surface area contributed by atoms with Gasteiger partial charge in [-0.3, -0.25) is 0 Å². The second-order valence-corrected chi connectivity index (χ2v) is 4.49. The Morgan fingerprint density at radius 2 is 1.65 bits per heavy atom. The molecule has 0 aliphatic rings. The minimum Gasteiger partial charge on any atom is -0.507 e. The van der Waals surface area contributed by atoms with Crippen molar-refractivity contribution in [3.63, 3.8) is 0 Å². The van der Waals surface area contributed by atoms with E-state index in [9.17, 15) is 9.50 Å². The van der Waals surface area contributed by atoms with Crippen molar-refractivity contribution < 1.29 is 14.2 Å². The number of benzene rings is 3. The molecule has 0 aliphatic heterocycles. The number of phenols is 1. The van der Waals surface area contributed by atoms with Crippen LogP contribution in [0.1, 0.15) is 19.4 Å². The summed E-state index contributed by atoms with van der Waals surface area (Å²) < 4.78 is 19.5. The molecular weight excluding hydrogens is 293 g/mol. The highest BCUT2D eigenvalue weighted by Gasteiger charge is 2.09. The fourth-order valence-corrected chi connectivity index (χ4v) is 2.13. The van der Waals surface area contributed by atoms with E-state index in [0.29, 0.717) is 16.5 Å². The number of hydrogen-bond donors (Lipinski definition) is 1. The van der Waals surface area contributed by atoms with Crippen LogP contribution < -0.4 is 4.74 Å². The molecule has 3 rings (SSSR count). The number of fused-ring (bicyclic) bond motifs is 1. The van der Waals surface area contributed by atoms with Crippen molar-refractivity contribution in [1.82, 2.24) is 0 Å². The van der Waals surface area contributed by atoms with Crippen molar-refractivity contribution in [2.75, 3.05) is 0 Å². The maximum Gasteiger partial charge on any atom is 0.167 e. The third-order valence-electron chi connectivity index (χ3n) is 3.14. The van der Waals surface area contributed by atoms with Crippen molar-refractivity contribution in [2.24, 2.45) is 0 Å². The SMILES string of the molecule is CC.N#Cc1ccc(Oc2cccc3c(O)cccc23)c(F)c1. The fraction of sp³-hybridized carbons (Fsp3) is 0.105. The molecule has 0 spiro atoms. The van der Waals surface area contributed by atoms with Gasteiger partial charge >= 0.3 is 0 Å². The molecule has 0 fully saturated rings. The Bertz CT molecular complexity index is 869. The molecule has 0 atom stereocenters. The van der Waals surface area contributed by atoms with Gasteiger partial charge in [-0.2, -0.15) is 5.26 Å². The van der Waals surface area contributed by atoms with Gasteiger partial charge in [-0.05, 0) is 30.3 Å². The summed E-state index contributed by atoms with van der Waals surface area (Å²) in [7, 11) is 0. The Kier molecular flexibility index (Phi) is 5.16. The Labute approximate surface area is 134 Å². The normalized spacial score (nSPS) is 9.65. The lowest BCUT2D eigenvalue weighted by atomic mass is 10.1. The van der Waals surface area contributed by atoms with E-state index < -0.39 is 5.82 Å². The minimum absolute atomic E-state index is 0.0323. The maximum absolute atomic E-state index is 13.9. The molecule has 0 heterocycles. The third kappa shape index (κ3) is 3.41. The van der Waals surface area contributed by atoms with Gasteiger partial charge in [0.15, 0.2) is 11.6 Å². The number of phenolic OH excluding ortho intramolecular Hbond substituents is 1. The van der Waals surface area contributed by atoms with E-state index in [1.54, 1.807) is 36.4 Å². The fourth-order valence-electron chi connectivity index (χ4n) is 2.13. The largest absolute Gasteiger partial charge is 0.507 e. The van der Waals surface area contributed by atoms with Gasteiger partial charge < -0.3 is 9.84 Å². The van der Waals surface area contributed by atoms with Gasteiger partial charge in [-0.25, -0.2) is 4.39 Å². The van der Waals surface area contributed by atoms with Crippen LogP contribution in [-0.2, 0) is 0 Å². The highest BCUT2D eigenvalue weighted by molar-refractivity contribution is 5.93. The highest BCUT2D eigenvalue weighted by atomic mass is 19.1. The molecule has 0 amide bonds. The maximum atomic E-state index is 13.9. The monoisotopic (exact) mass is 309 g/mol. The lowest BCUT2D eigenvalue weighted by Gasteiger charge is -2.10. The average molecular weight is 309 g/mol. The van der Waals surface area contributed by atoms with Crippen molar-refractivity contribution >= 4 is 10.8 Å². The summed E-state index contributed by atoms with van der Waals surface area (Å²) in [6, 6.07) is 16.1. The van der Waals surface area contributed by atoms with Crippen molar-refractivity contribution in [3.8, 4) is 23.3 Å². The zero-order valence-electron chi connectivity index (χ0n) is 12.9. The van der Waals surface area contributed by atoms with E-state index in [4.69, 9.17) is 10.00 Å². The van der Waals surface area contributed by atoms with Crippen LogP contribution in [0, 0.1) is 17.1 Å². The number of rotatable bonds is 2. The Morgan fingerprint density at radius 1 is 0.957 bits per heavy atom. The average Bonchev–Trinajstić information content (AvgIpc) is 2.59. The molecule has 0 radical (unpaired) electrons. The third-order valence-corrected chi connectivity index (χ3v) is 3.14. The Hall–Kier alpha value is -3.06. The summed E-state index contributed by atoms with van der Waals surface area (Å²) in [6.45, 7) is 4.00. The van der Waals surface area contributed by atoms with Crippen molar-refractivity contribution in [3.05, 3.63) is 66.0 Å². The van der Waals surface area contributed by atoms with Crippen LogP contribution in [0.25, 0.3) is 10.8 Å². The minimum atomic E-state index is -0.605. The quantitative estimate of drug-likeness (QED) is 0.692. The van der Waals surface area contributed by atoms with E-state index in [2.05, 4.69) is 0 Å². The Balaban J connectivity index is 0.000000924. The van der Waals surface area contributed by atoms with Crippen LogP contribution in [0.5, 0.6) is 17.2 Å². The molecule has 0 aromatic heterocycles. The van der Waals surface area contributed by atoms with Crippen LogP contribution >= 0.6 is 0 Å². The van der Waals surface area contributed by atoms with Gasteiger partial charge in [0, 0.05) is 10.8 Å². The first kappa shape index (κ1) is 16.3. The second-order valence-electron chi connectivity index (χ2n) is 4.49. The van der Waals surface area contributed by atoms with E-state index in [1.807, 2.05) is 19.9 Å². The molecular formula is C19H16FNO2. The number of nitriles is 1. The van der Waals surface area contributed by atoms with Gasteiger partial charge in [0.25, 0.3) is 0 Å². The number of aromatic hydroxyl groups is 1. The predicted molar refractivity (Wildman–Crippen MR) is 88.1 cm³/mol. The molecule has 0 bridgehead atoms. The number of ether oxygens (including phenoxy) is 1. The second kappa shape index (κ2) is 7.28. The van der Waals surface area contributed by atoms with Gasteiger partial charge in [-0.1, -0.05) is 38.1 Å². The highest BCUT2D eigenvalue weighted by Crippen LogP contribution is 2.34. The molecule has 3 aromatic rings. The van der Waals surface area contributed by atoms with Crippen LogP contribution in [-0.4, -0.2) is 5.11 Å². The first-order valence-electron chi connectivity index (χ1n) is 7.27. The zero-order chi connectivity index (χ0) is 16.8. The van der Waals surface area contributed by atoms with Crippen molar-refractivity contribution in [2.45, 2.75) is 13.8 Å². The molecule has 0 saturated carbocycles. The first-order valence-corrected chi connectivity index (χ1v) is 7.27. The molecule has 4 heteroatoms. The standard InChI is InChI=1S/C17H10FNO2.C2H6/c18-14-9-11(10-19)7-8-17(14)21-16-6-2-3-12-13(16)4-1-5-15(12)20;1-2/h1-9,20H;1-2H3. The van der Waals surface area contributed by atoms with E-state index in [-0.39, 0.29) is 17.1 Å². The van der Waals surface area contributed by atoms with Crippen LogP contribution in [0.15, 0.2) is 54.6 Å². The van der Waals surface area contributed by atoms with Gasteiger partial charge in [0.05, 0.1) is 11.6 Å². The number of nitrogens with zero attached hydrogens (tertiary/aromatic N) is 1. The molecule has 3 aromatic carbocycles.